The largest absolute Gasteiger partial charge is 0.355 e. The molecule has 0 aliphatic rings. The van der Waals surface area contributed by atoms with Gasteiger partial charge in [-0.15, -0.1) is 24.2 Å². The quantitative estimate of drug-likeness (QED) is 0.869. The summed E-state index contributed by atoms with van der Waals surface area (Å²) in [7, 11) is 0. The van der Waals surface area contributed by atoms with Gasteiger partial charge in [-0.2, -0.15) is 5.26 Å². The molecule has 0 bridgehead atoms. The first-order chi connectivity index (χ1) is 7.77. The number of fused-ring (bicyclic) bond motifs is 1. The normalized spacial score (nSPS) is 9.94. The van der Waals surface area contributed by atoms with Crippen molar-refractivity contribution in [1.29, 1.82) is 5.26 Å². The Hall–Kier alpha value is -1.29. The van der Waals surface area contributed by atoms with Gasteiger partial charge in [-0.1, -0.05) is 5.16 Å². The number of nitrogens with two attached hydrogens (primary N) is 1. The first kappa shape index (κ1) is 13.8. The van der Waals surface area contributed by atoms with Gasteiger partial charge in [0.1, 0.15) is 22.5 Å². The molecule has 1 aromatic heterocycles. The van der Waals surface area contributed by atoms with E-state index in [0.29, 0.717) is 28.3 Å². The third-order valence-corrected chi connectivity index (χ3v) is 3.02. The molecule has 1 heterocycles. The highest BCUT2D eigenvalue weighted by Crippen LogP contribution is 2.30. The summed E-state index contributed by atoms with van der Waals surface area (Å²) < 4.78 is 18.4. The summed E-state index contributed by atoms with van der Waals surface area (Å²) in [5, 5.41) is 13.6. The fraction of sp³-hybridized carbons (Fsp3) is 0.200. The van der Waals surface area contributed by atoms with Crippen LogP contribution in [0.2, 0.25) is 0 Å². The van der Waals surface area contributed by atoms with Crippen LogP contribution in [-0.2, 0) is 0 Å². The molecule has 2 N–H and O–H groups in total. The van der Waals surface area contributed by atoms with Crippen LogP contribution in [-0.4, -0.2) is 17.5 Å². The maximum atomic E-state index is 13.4. The molecular weight excluding hydrogens is 265 g/mol. The summed E-state index contributed by atoms with van der Waals surface area (Å²) in [6.45, 7) is 0.482. The lowest BCUT2D eigenvalue weighted by molar-refractivity contribution is 0.437. The van der Waals surface area contributed by atoms with Crippen molar-refractivity contribution in [3.05, 3.63) is 23.5 Å². The third kappa shape index (κ3) is 2.52. The topological polar surface area (TPSA) is 75.8 Å². The van der Waals surface area contributed by atoms with E-state index in [1.165, 1.54) is 23.9 Å². The Balaban J connectivity index is 0.00000144. The van der Waals surface area contributed by atoms with E-state index >= 15 is 0 Å². The Morgan fingerprint density at radius 3 is 2.94 bits per heavy atom. The molecule has 0 amide bonds. The molecule has 17 heavy (non-hydrogen) atoms. The molecule has 2 rings (SSSR count). The van der Waals surface area contributed by atoms with E-state index < -0.39 is 5.82 Å². The average Bonchev–Trinajstić information content (AvgIpc) is 2.70. The van der Waals surface area contributed by atoms with E-state index in [2.05, 4.69) is 5.16 Å². The number of halogens is 2. The van der Waals surface area contributed by atoms with Crippen LogP contribution in [0.15, 0.2) is 21.7 Å². The first-order valence-corrected chi connectivity index (χ1v) is 5.57. The van der Waals surface area contributed by atoms with Gasteiger partial charge in [-0.05, 0) is 12.1 Å². The minimum absolute atomic E-state index is 0. The lowest BCUT2D eigenvalue weighted by Crippen LogP contribution is -2.01. The monoisotopic (exact) mass is 273 g/mol. The molecule has 90 valence electrons. The summed E-state index contributed by atoms with van der Waals surface area (Å²) in [4.78, 5) is 0. The molecule has 1 aromatic carbocycles. The number of benzene rings is 1. The molecule has 2 aromatic rings. The van der Waals surface area contributed by atoms with Crippen LogP contribution < -0.4 is 5.73 Å². The number of hydrogen-bond acceptors (Lipinski definition) is 5. The average molecular weight is 274 g/mol. The second-order valence-electron chi connectivity index (χ2n) is 3.03. The fourth-order valence-corrected chi connectivity index (χ4v) is 2.09. The number of aromatic nitrogens is 1. The minimum Gasteiger partial charge on any atom is -0.355 e. The van der Waals surface area contributed by atoms with E-state index in [1.807, 2.05) is 6.07 Å². The van der Waals surface area contributed by atoms with Crippen LogP contribution >= 0.6 is 24.2 Å². The van der Waals surface area contributed by atoms with Crippen molar-refractivity contribution in [3.8, 4) is 6.07 Å². The molecule has 0 atom stereocenters. The van der Waals surface area contributed by atoms with E-state index in [0.717, 1.165) is 0 Å². The zero-order chi connectivity index (χ0) is 11.5. The Labute approximate surface area is 107 Å². The highest BCUT2D eigenvalue weighted by Gasteiger charge is 2.16. The lowest BCUT2D eigenvalue weighted by Gasteiger charge is -1.97. The summed E-state index contributed by atoms with van der Waals surface area (Å²) >= 11 is 1.35. The predicted octanol–water partition coefficient (Wildman–Crippen LogP) is 2.31. The van der Waals surface area contributed by atoms with Crippen molar-refractivity contribution in [3.63, 3.8) is 0 Å². The van der Waals surface area contributed by atoms with Crippen molar-refractivity contribution in [2.75, 3.05) is 12.3 Å². The Kier molecular flexibility index (Phi) is 4.75. The Morgan fingerprint density at radius 2 is 2.29 bits per heavy atom. The molecule has 0 radical (unpaired) electrons. The number of nitrogens with zero attached hydrogens (tertiary/aromatic N) is 2. The van der Waals surface area contributed by atoms with Gasteiger partial charge in [0.05, 0.1) is 5.39 Å². The van der Waals surface area contributed by atoms with E-state index in [1.54, 1.807) is 0 Å². The molecular formula is C10H9ClFN3OS. The summed E-state index contributed by atoms with van der Waals surface area (Å²) in [5.41, 5.74) is 5.76. The van der Waals surface area contributed by atoms with Gasteiger partial charge >= 0.3 is 0 Å². The van der Waals surface area contributed by atoms with E-state index in [9.17, 15) is 4.39 Å². The van der Waals surface area contributed by atoms with Gasteiger partial charge in [-0.3, -0.25) is 0 Å². The summed E-state index contributed by atoms with van der Waals surface area (Å²) in [5.74, 6) is 0.0797. The van der Waals surface area contributed by atoms with Crippen molar-refractivity contribution in [1.82, 2.24) is 5.16 Å². The zero-order valence-electron chi connectivity index (χ0n) is 8.64. The van der Waals surface area contributed by atoms with Crippen molar-refractivity contribution in [2.24, 2.45) is 5.73 Å². The van der Waals surface area contributed by atoms with Gasteiger partial charge in [0.25, 0.3) is 0 Å². The minimum atomic E-state index is -0.562. The van der Waals surface area contributed by atoms with Crippen molar-refractivity contribution >= 4 is 35.1 Å². The fourth-order valence-electron chi connectivity index (χ4n) is 1.35. The predicted molar refractivity (Wildman–Crippen MR) is 65.7 cm³/mol. The Bertz CT molecular complexity index is 566. The van der Waals surface area contributed by atoms with Crippen LogP contribution in [0.5, 0.6) is 0 Å². The molecule has 0 aliphatic heterocycles. The lowest BCUT2D eigenvalue weighted by atomic mass is 10.1. The van der Waals surface area contributed by atoms with Gasteiger partial charge < -0.3 is 10.3 Å². The highest BCUT2D eigenvalue weighted by molar-refractivity contribution is 7.99. The maximum absolute atomic E-state index is 13.4. The summed E-state index contributed by atoms with van der Waals surface area (Å²) in [6, 6.07) is 4.48. The van der Waals surface area contributed by atoms with Crippen LogP contribution in [0.3, 0.4) is 0 Å². The number of rotatable bonds is 3. The smallest absolute Gasteiger partial charge is 0.169 e. The molecule has 0 spiro atoms. The Morgan fingerprint density at radius 1 is 1.53 bits per heavy atom. The molecule has 0 unspecified atom stereocenters. The van der Waals surface area contributed by atoms with Crippen LogP contribution in [0, 0.1) is 17.1 Å². The number of hydrogen-bond donors (Lipinski definition) is 1. The van der Waals surface area contributed by atoms with E-state index in [-0.39, 0.29) is 18.0 Å². The number of nitriles is 1. The summed E-state index contributed by atoms with van der Waals surface area (Å²) in [6.07, 6.45) is 0. The molecule has 0 saturated carbocycles. The standard InChI is InChI=1S/C10H8FN3OS.ClH/c11-7-1-2-8-9(6(7)5-13)10(14-15-8)16-4-3-12;/h1-2H,3-4,12H2;1H. The first-order valence-electron chi connectivity index (χ1n) is 4.58. The number of thioether (sulfide) groups is 1. The zero-order valence-corrected chi connectivity index (χ0v) is 10.3. The van der Waals surface area contributed by atoms with Gasteiger partial charge in [0.15, 0.2) is 5.58 Å². The second-order valence-corrected chi connectivity index (χ2v) is 4.12. The van der Waals surface area contributed by atoms with Crippen LogP contribution in [0.4, 0.5) is 4.39 Å². The van der Waals surface area contributed by atoms with Crippen molar-refractivity contribution in [2.45, 2.75) is 5.03 Å². The van der Waals surface area contributed by atoms with Gasteiger partial charge in [0, 0.05) is 12.3 Å². The molecule has 4 nitrogen and oxygen atoms in total. The van der Waals surface area contributed by atoms with Gasteiger partial charge in [-0.25, -0.2) is 4.39 Å². The highest BCUT2D eigenvalue weighted by atomic mass is 35.5. The van der Waals surface area contributed by atoms with Gasteiger partial charge in [0.2, 0.25) is 0 Å². The van der Waals surface area contributed by atoms with Crippen molar-refractivity contribution < 1.29 is 8.91 Å². The third-order valence-electron chi connectivity index (χ3n) is 2.03. The maximum Gasteiger partial charge on any atom is 0.169 e. The molecule has 0 aliphatic carbocycles. The molecule has 0 saturated heterocycles. The molecule has 7 heteroatoms. The van der Waals surface area contributed by atoms with E-state index in [4.69, 9.17) is 15.5 Å². The van der Waals surface area contributed by atoms with Crippen LogP contribution in [0.25, 0.3) is 11.0 Å². The molecule has 0 fully saturated rings. The van der Waals surface area contributed by atoms with Crippen LogP contribution in [0.1, 0.15) is 5.56 Å². The second kappa shape index (κ2) is 5.87. The SMILES string of the molecule is Cl.N#Cc1c(F)ccc2onc(SCCN)c12.